The molecular weight excluding hydrogens is 382 g/mol. The average molecular weight is 412 g/mol. The Labute approximate surface area is 177 Å². The number of carbonyl (C=O) groups excluding carboxylic acids is 2. The maximum atomic E-state index is 12.5. The van der Waals surface area contributed by atoms with E-state index in [2.05, 4.69) is 21.9 Å². The van der Waals surface area contributed by atoms with Crippen molar-refractivity contribution >= 4 is 23.8 Å². The number of nitrogens with zero attached hydrogens (tertiary/aromatic N) is 4. The summed E-state index contributed by atoms with van der Waals surface area (Å²) < 4.78 is 9.02. The predicted molar refractivity (Wildman–Crippen MR) is 115 cm³/mol. The molecule has 2 aromatic heterocycles. The smallest absolute Gasteiger partial charge is 0.349 e. The zero-order valence-electron chi connectivity index (χ0n) is 18.4. The summed E-state index contributed by atoms with van der Waals surface area (Å²) in [5.41, 5.74) is 2.66. The van der Waals surface area contributed by atoms with Gasteiger partial charge in [0.15, 0.2) is 6.10 Å². The first kappa shape index (κ1) is 22.9. The fourth-order valence-electron chi connectivity index (χ4n) is 3.16. The lowest BCUT2D eigenvalue weighted by Gasteiger charge is -2.15. The molecule has 0 aliphatic carbocycles. The van der Waals surface area contributed by atoms with E-state index in [1.807, 2.05) is 39.8 Å². The maximum absolute atomic E-state index is 12.5. The molecule has 160 valence electrons. The second-order valence-electron chi connectivity index (χ2n) is 7.44. The van der Waals surface area contributed by atoms with Gasteiger partial charge in [-0.15, -0.1) is 0 Å². The molecular formula is C22H29N5O3. The lowest BCUT2D eigenvalue weighted by Crippen LogP contribution is -2.31. The van der Waals surface area contributed by atoms with Crippen LogP contribution in [0.25, 0.3) is 6.08 Å². The molecule has 30 heavy (non-hydrogen) atoms. The van der Waals surface area contributed by atoms with E-state index in [0.29, 0.717) is 5.82 Å². The summed E-state index contributed by atoms with van der Waals surface area (Å²) in [5.74, 6) is -0.820. The highest BCUT2D eigenvalue weighted by atomic mass is 16.5. The molecule has 0 bridgehead atoms. The highest BCUT2D eigenvalue weighted by molar-refractivity contribution is 6.01. The Morgan fingerprint density at radius 2 is 2.03 bits per heavy atom. The van der Waals surface area contributed by atoms with Crippen LogP contribution in [0.1, 0.15) is 57.1 Å². The summed E-state index contributed by atoms with van der Waals surface area (Å²) in [5, 5.41) is 16.3. The van der Waals surface area contributed by atoms with E-state index in [1.165, 1.54) is 13.0 Å². The highest BCUT2D eigenvalue weighted by Crippen LogP contribution is 2.19. The molecule has 0 saturated heterocycles. The molecule has 8 nitrogen and oxygen atoms in total. The van der Waals surface area contributed by atoms with Crippen molar-refractivity contribution in [2.75, 3.05) is 5.32 Å². The normalized spacial score (nSPS) is 12.5. The SMILES string of the molecule is CCCn1c(C)cc(/C=C(\C#N)C(=O)O[C@@H](C)C(=O)Nc2ccnn2C(C)C)c1C. The molecule has 0 fully saturated rings. The number of amides is 1. The van der Waals surface area contributed by atoms with Crippen molar-refractivity contribution in [1.82, 2.24) is 14.3 Å². The number of hydrogen-bond donors (Lipinski definition) is 1. The Bertz CT molecular complexity index is 991. The number of rotatable bonds is 8. The number of aryl methyl sites for hydroxylation is 1. The van der Waals surface area contributed by atoms with Gasteiger partial charge >= 0.3 is 5.97 Å². The number of aromatic nitrogens is 3. The predicted octanol–water partition coefficient (Wildman–Crippen LogP) is 3.77. The van der Waals surface area contributed by atoms with Crippen LogP contribution >= 0.6 is 0 Å². The summed E-state index contributed by atoms with van der Waals surface area (Å²) in [6, 6.07) is 5.54. The van der Waals surface area contributed by atoms with Crippen molar-refractivity contribution in [3.63, 3.8) is 0 Å². The Morgan fingerprint density at radius 1 is 1.33 bits per heavy atom. The van der Waals surface area contributed by atoms with Crippen LogP contribution in [0.5, 0.6) is 0 Å². The van der Waals surface area contributed by atoms with E-state index in [4.69, 9.17) is 4.74 Å². The number of nitriles is 1. The van der Waals surface area contributed by atoms with Crippen molar-refractivity contribution in [3.05, 3.63) is 40.9 Å². The number of esters is 1. The molecule has 0 aromatic carbocycles. The van der Waals surface area contributed by atoms with Gasteiger partial charge in [-0.3, -0.25) is 4.79 Å². The molecule has 0 radical (unpaired) electrons. The third-order valence-corrected chi connectivity index (χ3v) is 4.76. The summed E-state index contributed by atoms with van der Waals surface area (Å²) in [6.07, 6.45) is 3.00. The minimum absolute atomic E-state index is 0.0630. The molecule has 0 aliphatic rings. The zero-order valence-corrected chi connectivity index (χ0v) is 18.4. The van der Waals surface area contributed by atoms with E-state index in [-0.39, 0.29) is 11.6 Å². The Morgan fingerprint density at radius 3 is 2.63 bits per heavy atom. The number of carbonyl (C=O) groups is 2. The van der Waals surface area contributed by atoms with Crippen LogP contribution in [0.3, 0.4) is 0 Å². The van der Waals surface area contributed by atoms with Gasteiger partial charge in [0.25, 0.3) is 5.91 Å². The monoisotopic (exact) mass is 411 g/mol. The second kappa shape index (κ2) is 9.92. The van der Waals surface area contributed by atoms with Gasteiger partial charge in [0.1, 0.15) is 17.5 Å². The third kappa shape index (κ3) is 5.17. The van der Waals surface area contributed by atoms with Crippen molar-refractivity contribution in [2.45, 2.75) is 66.7 Å². The van der Waals surface area contributed by atoms with Gasteiger partial charge in [-0.1, -0.05) is 6.92 Å². The van der Waals surface area contributed by atoms with E-state index in [0.717, 1.165) is 29.9 Å². The minimum atomic E-state index is -1.07. The maximum Gasteiger partial charge on any atom is 0.349 e. The average Bonchev–Trinajstić information content (AvgIpc) is 3.26. The van der Waals surface area contributed by atoms with Crippen LogP contribution in [-0.2, 0) is 20.9 Å². The molecule has 1 amide bonds. The molecule has 0 aliphatic heterocycles. The lowest BCUT2D eigenvalue weighted by atomic mass is 10.1. The Balaban J connectivity index is 2.12. The largest absolute Gasteiger partial charge is 0.448 e. The Hall–Kier alpha value is -3.34. The first-order chi connectivity index (χ1) is 14.2. The molecule has 0 spiro atoms. The van der Waals surface area contributed by atoms with Crippen LogP contribution in [-0.4, -0.2) is 32.3 Å². The van der Waals surface area contributed by atoms with Crippen LogP contribution in [0.4, 0.5) is 5.82 Å². The molecule has 2 rings (SSSR count). The van der Waals surface area contributed by atoms with E-state index >= 15 is 0 Å². The van der Waals surface area contributed by atoms with E-state index in [9.17, 15) is 14.9 Å². The quantitative estimate of drug-likeness (QED) is 0.405. The number of nitrogens with one attached hydrogen (secondary N) is 1. The molecule has 1 N–H and O–H groups in total. The van der Waals surface area contributed by atoms with Gasteiger partial charge in [-0.25, -0.2) is 9.48 Å². The van der Waals surface area contributed by atoms with E-state index < -0.39 is 18.0 Å². The minimum Gasteiger partial charge on any atom is -0.448 e. The Kier molecular flexibility index (Phi) is 7.59. The molecule has 1 atom stereocenters. The van der Waals surface area contributed by atoms with Gasteiger partial charge in [-0.05, 0) is 58.7 Å². The van der Waals surface area contributed by atoms with Gasteiger partial charge in [-0.2, -0.15) is 10.4 Å². The highest BCUT2D eigenvalue weighted by Gasteiger charge is 2.22. The van der Waals surface area contributed by atoms with Crippen LogP contribution in [0.15, 0.2) is 23.9 Å². The number of anilines is 1. The lowest BCUT2D eigenvalue weighted by molar-refractivity contribution is -0.148. The fourth-order valence-corrected chi connectivity index (χ4v) is 3.16. The molecule has 2 aromatic rings. The topological polar surface area (TPSA) is 102 Å². The van der Waals surface area contributed by atoms with Gasteiger partial charge < -0.3 is 14.6 Å². The standard InChI is InChI=1S/C22H29N5O3/c1-7-10-26-15(4)11-18(16(26)5)12-19(13-23)22(29)30-17(6)21(28)25-20-8-9-24-27(20)14(2)3/h8-9,11-12,14,17H,7,10H2,1-6H3,(H,25,28)/b19-12+/t17-/m0/s1. The van der Waals surface area contributed by atoms with Gasteiger partial charge in [0, 0.05) is 30.0 Å². The van der Waals surface area contributed by atoms with Crippen molar-refractivity contribution in [2.24, 2.45) is 0 Å². The van der Waals surface area contributed by atoms with Crippen molar-refractivity contribution in [3.8, 4) is 6.07 Å². The number of hydrogen-bond acceptors (Lipinski definition) is 5. The molecule has 8 heteroatoms. The molecule has 0 unspecified atom stereocenters. The van der Waals surface area contributed by atoms with Crippen molar-refractivity contribution < 1.29 is 14.3 Å². The summed E-state index contributed by atoms with van der Waals surface area (Å²) in [6.45, 7) is 12.2. The van der Waals surface area contributed by atoms with Gasteiger partial charge in [0.2, 0.25) is 0 Å². The fraction of sp³-hybridized carbons (Fsp3) is 0.455. The number of ether oxygens (including phenoxy) is 1. The van der Waals surface area contributed by atoms with Crippen LogP contribution < -0.4 is 5.32 Å². The van der Waals surface area contributed by atoms with Crippen LogP contribution in [0, 0.1) is 25.2 Å². The first-order valence-corrected chi connectivity index (χ1v) is 10.0. The third-order valence-electron chi connectivity index (χ3n) is 4.76. The summed E-state index contributed by atoms with van der Waals surface area (Å²) in [4.78, 5) is 24.9. The van der Waals surface area contributed by atoms with E-state index in [1.54, 1.807) is 16.9 Å². The first-order valence-electron chi connectivity index (χ1n) is 10.0. The van der Waals surface area contributed by atoms with Crippen molar-refractivity contribution in [1.29, 1.82) is 5.26 Å². The summed E-state index contributed by atoms with van der Waals surface area (Å²) >= 11 is 0. The van der Waals surface area contributed by atoms with Gasteiger partial charge in [0.05, 0.1) is 6.20 Å². The second-order valence-corrected chi connectivity index (χ2v) is 7.44. The summed E-state index contributed by atoms with van der Waals surface area (Å²) in [7, 11) is 0. The van der Waals surface area contributed by atoms with Crippen LogP contribution in [0.2, 0.25) is 0 Å². The molecule has 2 heterocycles. The zero-order chi connectivity index (χ0) is 22.4. The molecule has 0 saturated carbocycles.